The van der Waals surface area contributed by atoms with Crippen LogP contribution in [0.25, 0.3) is 0 Å². The van der Waals surface area contributed by atoms with Crippen molar-refractivity contribution in [3.63, 3.8) is 0 Å². The van der Waals surface area contributed by atoms with Gasteiger partial charge in [-0.3, -0.25) is 4.98 Å². The van der Waals surface area contributed by atoms with Crippen molar-refractivity contribution in [2.24, 2.45) is 5.73 Å². The van der Waals surface area contributed by atoms with Gasteiger partial charge in [-0.15, -0.1) is 0 Å². The fourth-order valence-electron chi connectivity index (χ4n) is 1.95. The highest BCUT2D eigenvalue weighted by Crippen LogP contribution is 2.25. The van der Waals surface area contributed by atoms with Gasteiger partial charge in [0.2, 0.25) is 0 Å². The Kier molecular flexibility index (Phi) is 3.89. The largest absolute Gasteiger partial charge is 0.325 e. The quantitative estimate of drug-likeness (QED) is 0.894. The number of rotatable bonds is 4. The minimum Gasteiger partial charge on any atom is -0.325 e. The van der Waals surface area contributed by atoms with Crippen molar-refractivity contribution in [2.75, 3.05) is 11.4 Å². The molecule has 0 bridgehead atoms. The molecule has 0 aliphatic rings. The maximum Gasteiger partial charge on any atom is 0.151 e. The molecule has 2 N–H and O–H groups in total. The second-order valence-electron chi connectivity index (χ2n) is 4.10. The average Bonchev–Trinajstić information content (AvgIpc) is 2.42. The Morgan fingerprint density at radius 3 is 2.67 bits per heavy atom. The number of nitrogens with zero attached hydrogens (tertiary/aromatic N) is 3. The first-order valence-electron chi connectivity index (χ1n) is 6.10. The maximum absolute atomic E-state index is 5.61. The van der Waals surface area contributed by atoms with Crippen LogP contribution in [0.15, 0.2) is 36.7 Å². The molecule has 4 heteroatoms. The first-order valence-corrected chi connectivity index (χ1v) is 6.10. The summed E-state index contributed by atoms with van der Waals surface area (Å²) >= 11 is 0. The molecule has 94 valence electrons. The van der Waals surface area contributed by atoms with Gasteiger partial charge in [0.15, 0.2) is 5.82 Å². The van der Waals surface area contributed by atoms with E-state index in [9.17, 15) is 0 Å². The zero-order valence-corrected chi connectivity index (χ0v) is 10.8. The summed E-state index contributed by atoms with van der Waals surface area (Å²) in [6, 6.07) is 8.26. The molecule has 0 spiro atoms. The van der Waals surface area contributed by atoms with Crippen molar-refractivity contribution in [1.82, 2.24) is 9.97 Å². The first-order chi connectivity index (χ1) is 8.76. The van der Waals surface area contributed by atoms with E-state index in [0.717, 1.165) is 23.7 Å². The predicted molar refractivity (Wildman–Crippen MR) is 73.8 cm³/mol. The molecule has 2 rings (SSSR count). The Morgan fingerprint density at radius 1 is 1.22 bits per heavy atom. The molecule has 1 aromatic carbocycles. The van der Waals surface area contributed by atoms with E-state index in [0.29, 0.717) is 6.54 Å². The summed E-state index contributed by atoms with van der Waals surface area (Å²) in [5, 5.41) is 0. The van der Waals surface area contributed by atoms with Crippen LogP contribution >= 0.6 is 0 Å². The first kappa shape index (κ1) is 12.5. The number of benzene rings is 1. The molecular weight excluding hydrogens is 224 g/mol. The fourth-order valence-corrected chi connectivity index (χ4v) is 1.95. The lowest BCUT2D eigenvalue weighted by Crippen LogP contribution is -2.19. The summed E-state index contributed by atoms with van der Waals surface area (Å²) in [6.07, 6.45) is 3.48. The molecule has 0 atom stereocenters. The van der Waals surface area contributed by atoms with Gasteiger partial charge in [-0.2, -0.15) is 0 Å². The van der Waals surface area contributed by atoms with Gasteiger partial charge in [0, 0.05) is 25.0 Å². The molecule has 0 saturated heterocycles. The van der Waals surface area contributed by atoms with Crippen molar-refractivity contribution in [3.8, 4) is 0 Å². The third kappa shape index (κ3) is 2.49. The Bertz CT molecular complexity index is 525. The molecule has 1 heterocycles. The van der Waals surface area contributed by atoms with Crippen LogP contribution in [-0.4, -0.2) is 16.5 Å². The predicted octanol–water partition coefficient (Wildman–Crippen LogP) is 2.40. The molecule has 1 aromatic heterocycles. The van der Waals surface area contributed by atoms with E-state index in [2.05, 4.69) is 40.8 Å². The molecular formula is C14H18N4. The van der Waals surface area contributed by atoms with E-state index < -0.39 is 0 Å². The highest BCUT2D eigenvalue weighted by Gasteiger charge is 2.11. The minimum absolute atomic E-state index is 0.409. The van der Waals surface area contributed by atoms with E-state index in [4.69, 9.17) is 5.73 Å². The van der Waals surface area contributed by atoms with Crippen LogP contribution in [0.1, 0.15) is 18.2 Å². The molecule has 0 aliphatic carbocycles. The lowest BCUT2D eigenvalue weighted by atomic mass is 10.2. The van der Waals surface area contributed by atoms with Gasteiger partial charge in [-0.25, -0.2) is 4.98 Å². The Labute approximate surface area is 107 Å². The third-order valence-corrected chi connectivity index (χ3v) is 2.88. The summed E-state index contributed by atoms with van der Waals surface area (Å²) in [7, 11) is 0. The molecule has 0 amide bonds. The minimum atomic E-state index is 0.409. The number of aryl methyl sites for hydroxylation is 1. The lowest BCUT2D eigenvalue weighted by molar-refractivity contribution is 0.914. The normalized spacial score (nSPS) is 10.4. The van der Waals surface area contributed by atoms with Crippen LogP contribution in [-0.2, 0) is 6.54 Å². The standard InChI is InChI=1S/C14H18N4/c1-3-18(13-7-5-4-6-11(13)2)14-10-16-9-12(8-15)17-14/h4-7,9-10H,3,8,15H2,1-2H3. The number of aromatic nitrogens is 2. The van der Waals surface area contributed by atoms with Crippen molar-refractivity contribution >= 4 is 11.5 Å². The van der Waals surface area contributed by atoms with Gasteiger partial charge in [-0.1, -0.05) is 18.2 Å². The SMILES string of the molecule is CCN(c1cncc(CN)n1)c1ccccc1C. The van der Waals surface area contributed by atoms with E-state index in [1.165, 1.54) is 5.56 Å². The number of hydrogen-bond acceptors (Lipinski definition) is 4. The molecule has 4 nitrogen and oxygen atoms in total. The summed E-state index contributed by atoms with van der Waals surface area (Å²) in [4.78, 5) is 10.9. The van der Waals surface area contributed by atoms with Gasteiger partial charge in [0.1, 0.15) is 0 Å². The van der Waals surface area contributed by atoms with Gasteiger partial charge < -0.3 is 10.6 Å². The number of para-hydroxylation sites is 1. The molecule has 0 radical (unpaired) electrons. The summed E-state index contributed by atoms with van der Waals surface area (Å²) in [5.74, 6) is 0.842. The molecule has 0 aliphatic heterocycles. The maximum atomic E-state index is 5.61. The van der Waals surface area contributed by atoms with Crippen molar-refractivity contribution < 1.29 is 0 Å². The van der Waals surface area contributed by atoms with Gasteiger partial charge >= 0.3 is 0 Å². The topological polar surface area (TPSA) is 55.0 Å². The van der Waals surface area contributed by atoms with Crippen molar-refractivity contribution in [1.29, 1.82) is 0 Å². The molecule has 0 saturated carbocycles. The van der Waals surface area contributed by atoms with Crippen LogP contribution in [0.3, 0.4) is 0 Å². The smallest absolute Gasteiger partial charge is 0.151 e. The summed E-state index contributed by atoms with van der Waals surface area (Å²) in [5.41, 5.74) is 8.79. The van der Waals surface area contributed by atoms with Crippen LogP contribution in [0, 0.1) is 6.92 Å². The number of nitrogens with two attached hydrogens (primary N) is 1. The fraction of sp³-hybridized carbons (Fsp3) is 0.286. The average molecular weight is 242 g/mol. The third-order valence-electron chi connectivity index (χ3n) is 2.88. The van der Waals surface area contributed by atoms with E-state index >= 15 is 0 Å². The van der Waals surface area contributed by atoms with Gasteiger partial charge in [-0.05, 0) is 25.5 Å². The summed E-state index contributed by atoms with van der Waals surface area (Å²) < 4.78 is 0. The number of hydrogen-bond donors (Lipinski definition) is 1. The number of anilines is 2. The van der Waals surface area contributed by atoms with E-state index in [-0.39, 0.29) is 0 Å². The van der Waals surface area contributed by atoms with Gasteiger partial charge in [0.05, 0.1) is 11.9 Å². The van der Waals surface area contributed by atoms with Crippen LogP contribution < -0.4 is 10.6 Å². The van der Waals surface area contributed by atoms with Crippen LogP contribution in [0.4, 0.5) is 11.5 Å². The van der Waals surface area contributed by atoms with Crippen LogP contribution in [0.2, 0.25) is 0 Å². The molecule has 18 heavy (non-hydrogen) atoms. The molecule has 0 fully saturated rings. The lowest BCUT2D eigenvalue weighted by Gasteiger charge is -2.23. The van der Waals surface area contributed by atoms with E-state index in [1.807, 2.05) is 12.1 Å². The second kappa shape index (κ2) is 5.60. The highest BCUT2D eigenvalue weighted by atomic mass is 15.2. The highest BCUT2D eigenvalue weighted by molar-refractivity contribution is 5.62. The summed E-state index contributed by atoms with van der Waals surface area (Å²) in [6.45, 7) is 5.45. The Hall–Kier alpha value is -1.94. The van der Waals surface area contributed by atoms with E-state index in [1.54, 1.807) is 12.4 Å². The van der Waals surface area contributed by atoms with Crippen molar-refractivity contribution in [3.05, 3.63) is 47.9 Å². The monoisotopic (exact) mass is 242 g/mol. The Balaban J connectivity index is 2.42. The zero-order chi connectivity index (χ0) is 13.0. The van der Waals surface area contributed by atoms with Crippen molar-refractivity contribution in [2.45, 2.75) is 20.4 Å². The Morgan fingerprint density at radius 2 is 2.00 bits per heavy atom. The molecule has 2 aromatic rings. The van der Waals surface area contributed by atoms with Crippen LogP contribution in [0.5, 0.6) is 0 Å². The second-order valence-corrected chi connectivity index (χ2v) is 4.10. The van der Waals surface area contributed by atoms with Gasteiger partial charge in [0.25, 0.3) is 0 Å². The molecule has 0 unspecified atom stereocenters. The zero-order valence-electron chi connectivity index (χ0n) is 10.8.